The number of nitrogens with one attached hydrogen (secondary N) is 1. The lowest BCUT2D eigenvalue weighted by molar-refractivity contribution is -0.113. The minimum absolute atomic E-state index is 0.0934. The van der Waals surface area contributed by atoms with Crippen molar-refractivity contribution in [1.29, 1.82) is 0 Å². The first kappa shape index (κ1) is 15.7. The number of carbonyl (C=O) groups excluding carboxylic acids is 1. The highest BCUT2D eigenvalue weighted by Crippen LogP contribution is 2.29. The van der Waals surface area contributed by atoms with Crippen molar-refractivity contribution in [2.45, 2.75) is 4.90 Å². The summed E-state index contributed by atoms with van der Waals surface area (Å²) in [6, 6.07) is 12.6. The average molecular weight is 391 g/mol. The molecule has 0 unspecified atom stereocenters. The second-order valence-electron chi connectivity index (χ2n) is 3.92. The topological polar surface area (TPSA) is 29.1 Å². The van der Waals surface area contributed by atoms with Gasteiger partial charge in [0.05, 0.1) is 10.8 Å². The number of amides is 1. The van der Waals surface area contributed by atoms with Crippen LogP contribution in [0.3, 0.4) is 0 Å². The molecule has 0 aliphatic heterocycles. The monoisotopic (exact) mass is 389 g/mol. The largest absolute Gasteiger partial charge is 0.325 e. The first-order valence-corrected chi connectivity index (χ1v) is 8.21. The van der Waals surface area contributed by atoms with Gasteiger partial charge in [0.25, 0.3) is 0 Å². The summed E-state index contributed by atoms with van der Waals surface area (Å²) in [6.07, 6.45) is 0. The summed E-state index contributed by atoms with van der Waals surface area (Å²) in [5.74, 6) is 0.177. The zero-order valence-electron chi connectivity index (χ0n) is 10.2. The van der Waals surface area contributed by atoms with Crippen LogP contribution in [-0.4, -0.2) is 11.7 Å². The van der Waals surface area contributed by atoms with Crippen LogP contribution >= 0.6 is 50.9 Å². The van der Waals surface area contributed by atoms with Crippen molar-refractivity contribution in [3.8, 4) is 0 Å². The second kappa shape index (κ2) is 7.36. The Morgan fingerprint density at radius 1 is 1.20 bits per heavy atom. The van der Waals surface area contributed by atoms with Gasteiger partial charge in [0.2, 0.25) is 5.91 Å². The number of hydrogen-bond acceptors (Lipinski definition) is 2. The van der Waals surface area contributed by atoms with E-state index in [1.807, 2.05) is 24.3 Å². The van der Waals surface area contributed by atoms with Crippen LogP contribution in [0, 0.1) is 0 Å². The van der Waals surface area contributed by atoms with Crippen LogP contribution < -0.4 is 5.32 Å². The molecule has 0 radical (unpaired) electrons. The van der Waals surface area contributed by atoms with Gasteiger partial charge in [-0.05, 0) is 36.4 Å². The summed E-state index contributed by atoms with van der Waals surface area (Å²) in [6.45, 7) is 0. The van der Waals surface area contributed by atoms with Crippen molar-refractivity contribution in [2.75, 3.05) is 11.1 Å². The van der Waals surface area contributed by atoms with E-state index >= 15 is 0 Å². The van der Waals surface area contributed by atoms with Gasteiger partial charge in [0, 0.05) is 20.1 Å². The highest BCUT2D eigenvalue weighted by molar-refractivity contribution is 9.10. The Bertz CT molecular complexity index is 636. The number of halogens is 3. The van der Waals surface area contributed by atoms with E-state index in [4.69, 9.17) is 23.2 Å². The van der Waals surface area contributed by atoms with Crippen LogP contribution in [0.15, 0.2) is 51.8 Å². The summed E-state index contributed by atoms with van der Waals surface area (Å²) in [5.41, 5.74) is 0.752. The van der Waals surface area contributed by atoms with Gasteiger partial charge in [0.1, 0.15) is 0 Å². The Morgan fingerprint density at radius 3 is 2.75 bits per heavy atom. The predicted molar refractivity (Wildman–Crippen MR) is 90.0 cm³/mol. The molecule has 20 heavy (non-hydrogen) atoms. The molecule has 0 atom stereocenters. The van der Waals surface area contributed by atoms with Crippen molar-refractivity contribution >= 4 is 62.5 Å². The molecule has 0 aliphatic carbocycles. The first-order chi connectivity index (χ1) is 9.54. The van der Waals surface area contributed by atoms with Crippen LogP contribution in [0.25, 0.3) is 0 Å². The third-order valence-electron chi connectivity index (χ3n) is 2.36. The minimum Gasteiger partial charge on any atom is -0.325 e. The normalized spacial score (nSPS) is 10.3. The molecule has 0 heterocycles. The number of hydrogen-bond donors (Lipinski definition) is 1. The number of rotatable bonds is 4. The molecule has 2 aromatic carbocycles. The van der Waals surface area contributed by atoms with E-state index in [0.717, 1.165) is 15.1 Å². The van der Waals surface area contributed by atoms with Gasteiger partial charge < -0.3 is 5.32 Å². The van der Waals surface area contributed by atoms with Gasteiger partial charge in [-0.1, -0.05) is 45.2 Å². The molecule has 0 aliphatic rings. The maximum absolute atomic E-state index is 11.9. The number of anilines is 1. The molecule has 0 aromatic heterocycles. The molecule has 104 valence electrons. The van der Waals surface area contributed by atoms with Gasteiger partial charge in [-0.2, -0.15) is 0 Å². The first-order valence-electron chi connectivity index (χ1n) is 5.68. The summed E-state index contributed by atoms with van der Waals surface area (Å²) in [4.78, 5) is 12.7. The SMILES string of the molecule is O=C(CSc1cc(Cl)ccc1Cl)Nc1cccc(Br)c1. The van der Waals surface area contributed by atoms with E-state index in [1.54, 1.807) is 18.2 Å². The lowest BCUT2D eigenvalue weighted by Crippen LogP contribution is -2.13. The number of thioether (sulfide) groups is 1. The zero-order chi connectivity index (χ0) is 14.5. The molecular weight excluding hydrogens is 381 g/mol. The van der Waals surface area contributed by atoms with Crippen LogP contribution in [-0.2, 0) is 4.79 Å². The quantitative estimate of drug-likeness (QED) is 0.699. The second-order valence-corrected chi connectivity index (χ2v) is 6.70. The average Bonchev–Trinajstić information content (AvgIpc) is 2.40. The van der Waals surface area contributed by atoms with Crippen LogP contribution in [0.5, 0.6) is 0 Å². The van der Waals surface area contributed by atoms with Crippen LogP contribution in [0.2, 0.25) is 10.0 Å². The predicted octanol–water partition coefficient (Wildman–Crippen LogP) is 5.49. The van der Waals surface area contributed by atoms with Crippen molar-refractivity contribution in [1.82, 2.24) is 0 Å². The van der Waals surface area contributed by atoms with E-state index < -0.39 is 0 Å². The van der Waals surface area contributed by atoms with Crippen molar-refractivity contribution in [2.24, 2.45) is 0 Å². The third kappa shape index (κ3) is 4.70. The Kier molecular flexibility index (Phi) is 5.78. The van der Waals surface area contributed by atoms with Crippen molar-refractivity contribution in [3.05, 3.63) is 57.0 Å². The molecular formula is C14H10BrCl2NOS. The number of benzene rings is 2. The standard InChI is InChI=1S/C14H10BrCl2NOS/c15-9-2-1-3-11(6-9)18-14(19)8-20-13-7-10(16)4-5-12(13)17/h1-7H,8H2,(H,18,19). The van der Waals surface area contributed by atoms with Gasteiger partial charge in [0.15, 0.2) is 0 Å². The van der Waals surface area contributed by atoms with Gasteiger partial charge >= 0.3 is 0 Å². The molecule has 2 rings (SSSR count). The van der Waals surface area contributed by atoms with Crippen molar-refractivity contribution in [3.63, 3.8) is 0 Å². The smallest absolute Gasteiger partial charge is 0.234 e. The van der Waals surface area contributed by atoms with Gasteiger partial charge in [-0.3, -0.25) is 4.79 Å². The van der Waals surface area contributed by atoms with Gasteiger partial charge in [-0.15, -0.1) is 11.8 Å². The Hall–Kier alpha value is -0.680. The Morgan fingerprint density at radius 2 is 2.00 bits per heavy atom. The molecule has 0 saturated heterocycles. The van der Waals surface area contributed by atoms with Crippen molar-refractivity contribution < 1.29 is 4.79 Å². The summed E-state index contributed by atoms with van der Waals surface area (Å²) in [5, 5.41) is 4.01. The molecule has 0 fully saturated rings. The van der Waals surface area contributed by atoms with E-state index in [2.05, 4.69) is 21.2 Å². The van der Waals surface area contributed by atoms with E-state index in [9.17, 15) is 4.79 Å². The highest BCUT2D eigenvalue weighted by atomic mass is 79.9. The lowest BCUT2D eigenvalue weighted by Gasteiger charge is -2.07. The van der Waals surface area contributed by atoms with Crippen LogP contribution in [0.1, 0.15) is 0 Å². The Labute approximate surface area is 140 Å². The third-order valence-corrected chi connectivity index (χ3v) is 4.59. The summed E-state index contributed by atoms with van der Waals surface area (Å²) in [7, 11) is 0. The maximum Gasteiger partial charge on any atom is 0.234 e. The molecule has 2 aromatic rings. The summed E-state index contributed by atoms with van der Waals surface area (Å²) < 4.78 is 0.917. The molecule has 0 saturated carbocycles. The summed E-state index contributed by atoms with van der Waals surface area (Å²) >= 11 is 16.7. The van der Waals surface area contributed by atoms with Gasteiger partial charge in [-0.25, -0.2) is 0 Å². The Balaban J connectivity index is 1.94. The fraction of sp³-hybridized carbons (Fsp3) is 0.0714. The fourth-order valence-electron chi connectivity index (χ4n) is 1.49. The maximum atomic E-state index is 11.9. The zero-order valence-corrected chi connectivity index (χ0v) is 14.1. The number of carbonyl (C=O) groups is 1. The highest BCUT2D eigenvalue weighted by Gasteiger charge is 2.07. The van der Waals surface area contributed by atoms with E-state index in [1.165, 1.54) is 11.8 Å². The lowest BCUT2D eigenvalue weighted by atomic mass is 10.3. The molecule has 0 bridgehead atoms. The fourth-order valence-corrected chi connectivity index (χ4v) is 3.19. The molecule has 1 amide bonds. The van der Waals surface area contributed by atoms with E-state index in [-0.39, 0.29) is 11.7 Å². The van der Waals surface area contributed by atoms with Crippen LogP contribution in [0.4, 0.5) is 5.69 Å². The molecule has 0 spiro atoms. The molecule has 6 heteroatoms. The minimum atomic E-state index is -0.0934. The molecule has 1 N–H and O–H groups in total. The van der Waals surface area contributed by atoms with E-state index in [0.29, 0.717) is 10.0 Å². The molecule has 2 nitrogen and oxygen atoms in total.